The SMILES string of the molecule is Nc1ccc(S(=O)(=O)Nc2ccc(Br)nc2)cc1F. The summed E-state index contributed by atoms with van der Waals surface area (Å²) in [5.41, 5.74) is 5.47. The van der Waals surface area contributed by atoms with E-state index in [2.05, 4.69) is 25.6 Å². The summed E-state index contributed by atoms with van der Waals surface area (Å²) in [4.78, 5) is 3.68. The Bertz CT molecular complexity index is 704. The Balaban J connectivity index is 2.32. The Labute approximate surface area is 117 Å². The van der Waals surface area contributed by atoms with Gasteiger partial charge in [0.1, 0.15) is 10.4 Å². The van der Waals surface area contributed by atoms with E-state index < -0.39 is 15.8 Å². The highest BCUT2D eigenvalue weighted by atomic mass is 79.9. The van der Waals surface area contributed by atoms with Crippen molar-refractivity contribution in [2.75, 3.05) is 10.5 Å². The molecule has 2 aromatic rings. The Hall–Kier alpha value is -1.67. The molecule has 1 heterocycles. The Kier molecular flexibility index (Phi) is 3.72. The number of anilines is 2. The van der Waals surface area contributed by atoms with Crippen molar-refractivity contribution in [3.8, 4) is 0 Å². The maximum atomic E-state index is 13.3. The summed E-state index contributed by atoms with van der Waals surface area (Å²) in [5.74, 6) is -0.781. The summed E-state index contributed by atoms with van der Waals surface area (Å²) in [6.45, 7) is 0. The van der Waals surface area contributed by atoms with Gasteiger partial charge in [0.2, 0.25) is 0 Å². The number of sulfonamides is 1. The first-order chi connectivity index (χ1) is 8.88. The molecule has 1 aromatic heterocycles. The predicted molar refractivity (Wildman–Crippen MR) is 73.6 cm³/mol. The number of aromatic nitrogens is 1. The summed E-state index contributed by atoms with van der Waals surface area (Å²) in [7, 11) is -3.87. The Morgan fingerprint density at radius 1 is 1.26 bits per heavy atom. The van der Waals surface area contributed by atoms with E-state index in [1.807, 2.05) is 0 Å². The van der Waals surface area contributed by atoms with Gasteiger partial charge in [-0.2, -0.15) is 0 Å². The number of hydrogen-bond acceptors (Lipinski definition) is 4. The molecule has 0 atom stereocenters. The smallest absolute Gasteiger partial charge is 0.262 e. The summed E-state index contributed by atoms with van der Waals surface area (Å²) >= 11 is 3.14. The average Bonchev–Trinajstić information content (AvgIpc) is 2.35. The number of halogens is 2. The van der Waals surface area contributed by atoms with E-state index in [1.165, 1.54) is 24.4 Å². The molecule has 19 heavy (non-hydrogen) atoms. The fraction of sp³-hybridized carbons (Fsp3) is 0. The van der Waals surface area contributed by atoms with Gasteiger partial charge < -0.3 is 5.73 Å². The summed E-state index contributed by atoms with van der Waals surface area (Å²) in [6, 6.07) is 6.41. The number of nitrogens with one attached hydrogen (secondary N) is 1. The van der Waals surface area contributed by atoms with E-state index in [-0.39, 0.29) is 16.3 Å². The number of rotatable bonds is 3. The molecule has 3 N–H and O–H groups in total. The molecular weight excluding hydrogens is 337 g/mol. The normalized spacial score (nSPS) is 11.3. The third-order valence-corrected chi connectivity index (χ3v) is 4.11. The number of hydrogen-bond donors (Lipinski definition) is 2. The number of benzene rings is 1. The van der Waals surface area contributed by atoms with Crippen LogP contribution in [-0.4, -0.2) is 13.4 Å². The van der Waals surface area contributed by atoms with Crippen LogP contribution in [0.3, 0.4) is 0 Å². The van der Waals surface area contributed by atoms with Crippen LogP contribution >= 0.6 is 15.9 Å². The van der Waals surface area contributed by atoms with E-state index in [9.17, 15) is 12.8 Å². The van der Waals surface area contributed by atoms with Gasteiger partial charge in [0.25, 0.3) is 10.0 Å². The van der Waals surface area contributed by atoms with Crippen molar-refractivity contribution in [3.63, 3.8) is 0 Å². The van der Waals surface area contributed by atoms with Crippen molar-refractivity contribution in [3.05, 3.63) is 46.9 Å². The van der Waals surface area contributed by atoms with Crippen LogP contribution in [0.4, 0.5) is 15.8 Å². The van der Waals surface area contributed by atoms with Gasteiger partial charge in [0.05, 0.1) is 22.5 Å². The minimum absolute atomic E-state index is 0.107. The molecule has 0 aliphatic rings. The zero-order valence-electron chi connectivity index (χ0n) is 9.47. The molecule has 0 saturated carbocycles. The van der Waals surface area contributed by atoms with E-state index in [1.54, 1.807) is 6.07 Å². The summed E-state index contributed by atoms with van der Waals surface area (Å²) in [6.07, 6.45) is 1.34. The van der Waals surface area contributed by atoms with Crippen molar-refractivity contribution in [1.82, 2.24) is 4.98 Å². The van der Waals surface area contributed by atoms with Gasteiger partial charge in [-0.3, -0.25) is 4.72 Å². The van der Waals surface area contributed by atoms with Crippen molar-refractivity contribution >= 4 is 37.3 Å². The van der Waals surface area contributed by atoms with Crippen LogP contribution in [-0.2, 0) is 10.0 Å². The van der Waals surface area contributed by atoms with Gasteiger partial charge >= 0.3 is 0 Å². The highest BCUT2D eigenvalue weighted by molar-refractivity contribution is 9.10. The molecular formula is C11H9BrFN3O2S. The molecule has 0 aliphatic heterocycles. The number of nitrogen functional groups attached to an aromatic ring is 1. The molecule has 0 bridgehead atoms. The van der Waals surface area contributed by atoms with Gasteiger partial charge in [0.15, 0.2) is 0 Å². The van der Waals surface area contributed by atoms with Crippen LogP contribution in [0.25, 0.3) is 0 Å². The molecule has 1 aromatic carbocycles. The van der Waals surface area contributed by atoms with E-state index in [4.69, 9.17) is 5.73 Å². The topological polar surface area (TPSA) is 85.1 Å². The monoisotopic (exact) mass is 345 g/mol. The first kappa shape index (κ1) is 13.8. The fourth-order valence-corrected chi connectivity index (χ4v) is 2.61. The zero-order chi connectivity index (χ0) is 14.0. The molecule has 0 radical (unpaired) electrons. The molecule has 0 amide bonds. The van der Waals surface area contributed by atoms with Crippen molar-refractivity contribution in [1.29, 1.82) is 0 Å². The lowest BCUT2D eigenvalue weighted by atomic mass is 10.3. The lowest BCUT2D eigenvalue weighted by molar-refractivity contribution is 0.596. The molecule has 0 fully saturated rings. The third-order valence-electron chi connectivity index (χ3n) is 2.26. The standard InChI is InChI=1S/C11H9BrFN3O2S/c12-11-4-1-7(6-15-11)16-19(17,18)8-2-3-10(14)9(13)5-8/h1-6,16H,14H2. The first-order valence-electron chi connectivity index (χ1n) is 5.08. The quantitative estimate of drug-likeness (QED) is 0.660. The van der Waals surface area contributed by atoms with Crippen LogP contribution < -0.4 is 10.5 Å². The molecule has 8 heteroatoms. The van der Waals surface area contributed by atoms with Crippen LogP contribution in [0.5, 0.6) is 0 Å². The van der Waals surface area contributed by atoms with Gasteiger partial charge in [-0.25, -0.2) is 17.8 Å². The maximum Gasteiger partial charge on any atom is 0.262 e. The lowest BCUT2D eigenvalue weighted by Crippen LogP contribution is -2.13. The van der Waals surface area contributed by atoms with Crippen LogP contribution in [0.15, 0.2) is 46.0 Å². The summed E-state index contributed by atoms with van der Waals surface area (Å²) in [5, 5.41) is 0. The van der Waals surface area contributed by atoms with Gasteiger partial charge in [-0.1, -0.05) is 0 Å². The lowest BCUT2D eigenvalue weighted by Gasteiger charge is -2.08. The van der Waals surface area contributed by atoms with Gasteiger partial charge in [0, 0.05) is 0 Å². The van der Waals surface area contributed by atoms with Gasteiger partial charge in [-0.05, 0) is 46.3 Å². The second-order valence-corrected chi connectivity index (χ2v) is 6.15. The van der Waals surface area contributed by atoms with Crippen LogP contribution in [0.1, 0.15) is 0 Å². The van der Waals surface area contributed by atoms with Crippen LogP contribution in [0, 0.1) is 5.82 Å². The van der Waals surface area contributed by atoms with Crippen molar-refractivity contribution in [2.45, 2.75) is 4.90 Å². The highest BCUT2D eigenvalue weighted by Gasteiger charge is 2.16. The first-order valence-corrected chi connectivity index (χ1v) is 7.35. The van der Waals surface area contributed by atoms with E-state index in [0.717, 1.165) is 6.07 Å². The van der Waals surface area contributed by atoms with E-state index in [0.29, 0.717) is 4.60 Å². The second-order valence-electron chi connectivity index (χ2n) is 3.66. The molecule has 0 spiro atoms. The molecule has 0 aliphatic carbocycles. The largest absolute Gasteiger partial charge is 0.396 e. The zero-order valence-corrected chi connectivity index (χ0v) is 11.9. The molecule has 2 rings (SSSR count). The number of pyridine rings is 1. The fourth-order valence-electron chi connectivity index (χ4n) is 1.33. The Morgan fingerprint density at radius 2 is 2.00 bits per heavy atom. The predicted octanol–water partition coefficient (Wildman–Crippen LogP) is 2.37. The molecule has 0 unspecified atom stereocenters. The maximum absolute atomic E-state index is 13.3. The number of nitrogens with zero attached hydrogens (tertiary/aromatic N) is 1. The molecule has 5 nitrogen and oxygen atoms in total. The third kappa shape index (κ3) is 3.21. The highest BCUT2D eigenvalue weighted by Crippen LogP contribution is 2.19. The Morgan fingerprint density at radius 3 is 2.58 bits per heavy atom. The second kappa shape index (κ2) is 5.14. The van der Waals surface area contributed by atoms with E-state index >= 15 is 0 Å². The van der Waals surface area contributed by atoms with Crippen molar-refractivity contribution < 1.29 is 12.8 Å². The minimum atomic E-state index is -3.87. The molecule has 100 valence electrons. The average molecular weight is 346 g/mol. The molecule has 0 saturated heterocycles. The van der Waals surface area contributed by atoms with Crippen LogP contribution in [0.2, 0.25) is 0 Å². The minimum Gasteiger partial charge on any atom is -0.396 e. The summed E-state index contributed by atoms with van der Waals surface area (Å²) < 4.78 is 40.1. The van der Waals surface area contributed by atoms with Gasteiger partial charge in [-0.15, -0.1) is 0 Å². The van der Waals surface area contributed by atoms with Crippen molar-refractivity contribution in [2.24, 2.45) is 0 Å². The number of nitrogens with two attached hydrogens (primary N) is 1.